The number of amides is 1. The molecule has 3 aromatic rings. The van der Waals surface area contributed by atoms with Crippen LogP contribution in [-0.4, -0.2) is 21.9 Å². The van der Waals surface area contributed by atoms with Crippen molar-refractivity contribution in [3.8, 4) is 5.75 Å². The third-order valence-electron chi connectivity index (χ3n) is 4.21. The van der Waals surface area contributed by atoms with Gasteiger partial charge in [-0.25, -0.2) is 5.43 Å². The number of nitrogens with one attached hydrogen (secondary N) is 1. The van der Waals surface area contributed by atoms with E-state index in [1.54, 1.807) is 10.9 Å². The molecule has 0 aliphatic heterocycles. The van der Waals surface area contributed by atoms with Crippen molar-refractivity contribution in [3.05, 3.63) is 82.7 Å². The van der Waals surface area contributed by atoms with E-state index in [4.69, 9.17) is 4.74 Å². The van der Waals surface area contributed by atoms with Crippen molar-refractivity contribution in [2.75, 3.05) is 0 Å². The van der Waals surface area contributed by atoms with Crippen molar-refractivity contribution in [3.63, 3.8) is 0 Å². The lowest BCUT2D eigenvalue weighted by molar-refractivity contribution is -0.121. The number of carbonyl (C=O) groups is 1. The zero-order valence-electron chi connectivity index (χ0n) is 16.3. The van der Waals surface area contributed by atoms with Gasteiger partial charge in [-0.15, -0.1) is 0 Å². The lowest BCUT2D eigenvalue weighted by Gasteiger charge is -2.07. The van der Waals surface area contributed by atoms with Crippen LogP contribution in [0.1, 0.15) is 28.1 Å². The van der Waals surface area contributed by atoms with E-state index in [0.717, 1.165) is 28.3 Å². The van der Waals surface area contributed by atoms with Gasteiger partial charge in [0.15, 0.2) is 0 Å². The van der Waals surface area contributed by atoms with Crippen LogP contribution in [0.25, 0.3) is 0 Å². The zero-order valence-corrected chi connectivity index (χ0v) is 16.3. The maximum atomic E-state index is 12.0. The van der Waals surface area contributed by atoms with Crippen molar-refractivity contribution in [1.29, 1.82) is 0 Å². The highest BCUT2D eigenvalue weighted by Crippen LogP contribution is 2.14. The fraction of sp³-hybridized carbons (Fsp3) is 0.227. The van der Waals surface area contributed by atoms with Crippen molar-refractivity contribution in [2.24, 2.45) is 5.10 Å². The second kappa shape index (κ2) is 8.99. The molecule has 28 heavy (non-hydrogen) atoms. The predicted molar refractivity (Wildman–Crippen MR) is 109 cm³/mol. The number of benzene rings is 2. The van der Waals surface area contributed by atoms with Gasteiger partial charge in [0.25, 0.3) is 5.91 Å². The fourth-order valence-corrected chi connectivity index (χ4v) is 2.69. The summed E-state index contributed by atoms with van der Waals surface area (Å²) in [4.78, 5) is 12.0. The molecular formula is C22H24N4O2. The SMILES string of the molecule is Cc1ccc(COc2ccc(/C=N\NC(=O)Cn3nc(C)cc3C)cc2)cc1. The first-order chi connectivity index (χ1) is 13.5. The first kappa shape index (κ1) is 19.4. The van der Waals surface area contributed by atoms with Gasteiger partial charge in [0.2, 0.25) is 0 Å². The number of nitrogens with zero attached hydrogens (tertiary/aromatic N) is 3. The Labute approximate surface area is 164 Å². The van der Waals surface area contributed by atoms with E-state index in [2.05, 4.69) is 46.8 Å². The molecule has 0 radical (unpaired) electrons. The molecule has 0 unspecified atom stereocenters. The van der Waals surface area contributed by atoms with Crippen LogP contribution < -0.4 is 10.2 Å². The largest absolute Gasteiger partial charge is 0.489 e. The summed E-state index contributed by atoms with van der Waals surface area (Å²) in [7, 11) is 0. The molecule has 6 heteroatoms. The molecule has 144 valence electrons. The highest BCUT2D eigenvalue weighted by atomic mass is 16.5. The minimum Gasteiger partial charge on any atom is -0.489 e. The summed E-state index contributed by atoms with van der Waals surface area (Å²) >= 11 is 0. The van der Waals surface area contributed by atoms with Crippen molar-refractivity contribution in [2.45, 2.75) is 33.9 Å². The third-order valence-corrected chi connectivity index (χ3v) is 4.21. The van der Waals surface area contributed by atoms with Crippen LogP contribution in [0.3, 0.4) is 0 Å². The van der Waals surface area contributed by atoms with E-state index in [-0.39, 0.29) is 12.5 Å². The van der Waals surface area contributed by atoms with Crippen LogP contribution in [0.15, 0.2) is 59.7 Å². The van der Waals surface area contributed by atoms with Gasteiger partial charge in [-0.1, -0.05) is 29.8 Å². The highest BCUT2D eigenvalue weighted by molar-refractivity contribution is 5.82. The number of aryl methyl sites for hydroxylation is 3. The number of carbonyl (C=O) groups excluding carboxylic acids is 1. The number of ether oxygens (including phenoxy) is 1. The Kier molecular flexibility index (Phi) is 6.22. The molecule has 6 nitrogen and oxygen atoms in total. The number of aromatic nitrogens is 2. The van der Waals surface area contributed by atoms with Crippen molar-refractivity contribution < 1.29 is 9.53 Å². The monoisotopic (exact) mass is 376 g/mol. The van der Waals surface area contributed by atoms with Crippen LogP contribution in [0.4, 0.5) is 0 Å². The Hall–Kier alpha value is -3.41. The summed E-state index contributed by atoms with van der Waals surface area (Å²) in [6, 6.07) is 17.7. The molecule has 0 bridgehead atoms. The smallest absolute Gasteiger partial charge is 0.261 e. The third kappa shape index (κ3) is 5.54. The molecule has 0 atom stereocenters. The average molecular weight is 376 g/mol. The van der Waals surface area contributed by atoms with E-state index in [1.807, 2.05) is 44.2 Å². The van der Waals surface area contributed by atoms with Crippen LogP contribution in [0.2, 0.25) is 0 Å². The summed E-state index contributed by atoms with van der Waals surface area (Å²) in [5.74, 6) is 0.562. The van der Waals surface area contributed by atoms with Crippen LogP contribution in [0.5, 0.6) is 5.75 Å². The summed E-state index contributed by atoms with van der Waals surface area (Å²) in [6.07, 6.45) is 1.60. The Morgan fingerprint density at radius 3 is 2.46 bits per heavy atom. The topological polar surface area (TPSA) is 68.5 Å². The van der Waals surface area contributed by atoms with Gasteiger partial charge in [-0.2, -0.15) is 10.2 Å². The first-order valence-electron chi connectivity index (χ1n) is 9.11. The van der Waals surface area contributed by atoms with Gasteiger partial charge in [0.1, 0.15) is 18.9 Å². The van der Waals surface area contributed by atoms with Gasteiger partial charge in [0, 0.05) is 5.69 Å². The maximum Gasteiger partial charge on any atom is 0.261 e. The van der Waals surface area contributed by atoms with Gasteiger partial charge in [0.05, 0.1) is 11.9 Å². The Morgan fingerprint density at radius 1 is 1.11 bits per heavy atom. The Morgan fingerprint density at radius 2 is 1.82 bits per heavy atom. The second-order valence-corrected chi connectivity index (χ2v) is 6.72. The van der Waals surface area contributed by atoms with Gasteiger partial charge < -0.3 is 4.74 Å². The molecule has 0 saturated heterocycles. The van der Waals surface area contributed by atoms with Gasteiger partial charge >= 0.3 is 0 Å². The van der Waals surface area contributed by atoms with Crippen LogP contribution in [-0.2, 0) is 17.9 Å². The summed E-state index contributed by atoms with van der Waals surface area (Å²) in [6.45, 7) is 6.54. The quantitative estimate of drug-likeness (QED) is 0.507. The number of hydrazone groups is 1. The molecule has 0 fully saturated rings. The lowest BCUT2D eigenvalue weighted by atomic mass is 10.2. The second-order valence-electron chi connectivity index (χ2n) is 6.72. The Balaban J connectivity index is 1.47. The molecule has 0 saturated carbocycles. The standard InChI is InChI=1S/C22H24N4O2/c1-16-4-6-20(7-5-16)15-28-21-10-8-19(9-11-21)13-23-24-22(27)14-26-18(3)12-17(2)25-26/h4-13H,14-15H2,1-3H3,(H,24,27)/b23-13-. The molecule has 2 aromatic carbocycles. The minimum atomic E-state index is -0.222. The molecule has 1 heterocycles. The minimum absolute atomic E-state index is 0.142. The van der Waals surface area contributed by atoms with Gasteiger partial charge in [-0.05, 0) is 62.2 Å². The lowest BCUT2D eigenvalue weighted by Crippen LogP contribution is -2.24. The molecule has 1 amide bonds. The summed E-state index contributed by atoms with van der Waals surface area (Å²) < 4.78 is 7.44. The van der Waals surface area contributed by atoms with Crippen molar-refractivity contribution in [1.82, 2.24) is 15.2 Å². The van der Waals surface area contributed by atoms with E-state index < -0.39 is 0 Å². The fourth-order valence-electron chi connectivity index (χ4n) is 2.69. The summed E-state index contributed by atoms with van der Waals surface area (Å²) in [5, 5.41) is 8.26. The van der Waals surface area contributed by atoms with Crippen LogP contribution in [0, 0.1) is 20.8 Å². The molecule has 1 N–H and O–H groups in total. The highest BCUT2D eigenvalue weighted by Gasteiger charge is 2.05. The molecular weight excluding hydrogens is 352 g/mol. The molecule has 0 spiro atoms. The maximum absolute atomic E-state index is 12.0. The normalized spacial score (nSPS) is 11.0. The first-order valence-corrected chi connectivity index (χ1v) is 9.11. The number of hydrogen-bond donors (Lipinski definition) is 1. The molecule has 0 aliphatic carbocycles. The Bertz CT molecular complexity index is 957. The number of rotatable bonds is 7. The van der Waals surface area contributed by atoms with E-state index in [0.29, 0.717) is 6.61 Å². The summed E-state index contributed by atoms with van der Waals surface area (Å²) in [5.41, 5.74) is 7.58. The van der Waals surface area contributed by atoms with Crippen LogP contribution >= 0.6 is 0 Å². The van der Waals surface area contributed by atoms with E-state index >= 15 is 0 Å². The molecule has 1 aromatic heterocycles. The average Bonchev–Trinajstić information content (AvgIpc) is 2.99. The number of hydrogen-bond acceptors (Lipinski definition) is 4. The molecule has 0 aliphatic rings. The predicted octanol–water partition coefficient (Wildman–Crippen LogP) is 3.54. The zero-order chi connectivity index (χ0) is 19.9. The van der Waals surface area contributed by atoms with E-state index in [1.165, 1.54) is 5.56 Å². The van der Waals surface area contributed by atoms with Crippen molar-refractivity contribution >= 4 is 12.1 Å². The van der Waals surface area contributed by atoms with E-state index in [9.17, 15) is 4.79 Å². The van der Waals surface area contributed by atoms with Gasteiger partial charge in [-0.3, -0.25) is 9.48 Å². The molecule has 3 rings (SSSR count).